The van der Waals surface area contributed by atoms with Crippen molar-refractivity contribution in [2.24, 2.45) is 11.7 Å². The van der Waals surface area contributed by atoms with Crippen LogP contribution in [0.4, 0.5) is 0 Å². The average Bonchev–Trinajstić information content (AvgIpc) is 2.53. The molecule has 1 heterocycles. The maximum Gasteiger partial charge on any atom is 0.237 e. The Kier molecular flexibility index (Phi) is 11.2. The maximum absolute atomic E-state index is 11.9. The van der Waals surface area contributed by atoms with Gasteiger partial charge < -0.3 is 15.8 Å². The van der Waals surface area contributed by atoms with Gasteiger partial charge in [0.25, 0.3) is 0 Å². The van der Waals surface area contributed by atoms with E-state index in [0.717, 1.165) is 19.6 Å². The predicted molar refractivity (Wildman–Crippen MR) is 102 cm³/mol. The zero-order chi connectivity index (χ0) is 15.9. The Hall–Kier alpha value is -0.850. The summed E-state index contributed by atoms with van der Waals surface area (Å²) in [6.45, 7) is 7.77. The number of halogens is 2. The zero-order valence-electron chi connectivity index (χ0n) is 14.3. The van der Waals surface area contributed by atoms with Gasteiger partial charge in [-0.2, -0.15) is 0 Å². The Labute approximate surface area is 157 Å². The van der Waals surface area contributed by atoms with Crippen molar-refractivity contribution in [1.29, 1.82) is 0 Å². The lowest BCUT2D eigenvalue weighted by molar-refractivity contribution is -0.124. The lowest BCUT2D eigenvalue weighted by Gasteiger charge is -2.33. The first-order valence-corrected chi connectivity index (χ1v) is 7.97. The van der Waals surface area contributed by atoms with Crippen molar-refractivity contribution in [3.05, 3.63) is 35.9 Å². The van der Waals surface area contributed by atoms with Crippen LogP contribution < -0.4 is 11.1 Å². The van der Waals surface area contributed by atoms with Gasteiger partial charge in [-0.25, -0.2) is 0 Å². The highest BCUT2D eigenvalue weighted by Crippen LogP contribution is 2.10. The average molecular weight is 378 g/mol. The molecule has 0 bridgehead atoms. The van der Waals surface area contributed by atoms with Gasteiger partial charge in [0.1, 0.15) is 0 Å². The van der Waals surface area contributed by atoms with E-state index >= 15 is 0 Å². The van der Waals surface area contributed by atoms with Crippen LogP contribution in [0.3, 0.4) is 0 Å². The third-order valence-electron chi connectivity index (χ3n) is 4.00. The van der Waals surface area contributed by atoms with Crippen LogP contribution in [-0.2, 0) is 16.1 Å². The Balaban J connectivity index is 0.00000264. The summed E-state index contributed by atoms with van der Waals surface area (Å²) in [6.07, 6.45) is 0.0285. The number of hydrogen-bond acceptors (Lipinski definition) is 4. The standard InChI is InChI=1S/C17H27N3O2.2ClH/c1-13(2)16(18)17(21)19-10-15-12-20(8-9-22-15)11-14-6-4-3-5-7-14;;/h3-7,13,15-16H,8-12,18H2,1-2H3,(H,19,21);2*1H/t15?,16-;;/m0../s1. The molecule has 0 aromatic heterocycles. The van der Waals surface area contributed by atoms with Crippen LogP contribution in [0, 0.1) is 5.92 Å². The van der Waals surface area contributed by atoms with E-state index in [1.54, 1.807) is 0 Å². The molecule has 1 fully saturated rings. The summed E-state index contributed by atoms with van der Waals surface area (Å²) in [6, 6.07) is 9.95. The summed E-state index contributed by atoms with van der Waals surface area (Å²) in [5, 5.41) is 2.90. The Bertz CT molecular complexity index is 474. The number of rotatable bonds is 6. The van der Waals surface area contributed by atoms with Crippen molar-refractivity contribution in [3.63, 3.8) is 0 Å². The number of amides is 1. The molecule has 24 heavy (non-hydrogen) atoms. The summed E-state index contributed by atoms with van der Waals surface area (Å²) in [7, 11) is 0. The molecule has 1 unspecified atom stereocenters. The van der Waals surface area contributed by atoms with Crippen LogP contribution in [0.2, 0.25) is 0 Å². The number of morpholine rings is 1. The molecule has 0 radical (unpaired) electrons. The van der Waals surface area contributed by atoms with E-state index in [1.165, 1.54) is 5.56 Å². The number of nitrogens with zero attached hydrogens (tertiary/aromatic N) is 1. The highest BCUT2D eigenvalue weighted by atomic mass is 35.5. The minimum atomic E-state index is -0.455. The van der Waals surface area contributed by atoms with Crippen molar-refractivity contribution >= 4 is 30.7 Å². The Morgan fingerprint density at radius 3 is 2.62 bits per heavy atom. The number of carbonyl (C=O) groups is 1. The van der Waals surface area contributed by atoms with Gasteiger partial charge in [0, 0.05) is 26.2 Å². The van der Waals surface area contributed by atoms with E-state index in [4.69, 9.17) is 10.5 Å². The van der Waals surface area contributed by atoms with E-state index in [1.807, 2.05) is 19.9 Å². The summed E-state index contributed by atoms with van der Waals surface area (Å²) in [5.41, 5.74) is 7.14. The molecule has 2 rings (SSSR count). The fourth-order valence-electron chi connectivity index (χ4n) is 2.52. The van der Waals surface area contributed by atoms with Crippen LogP contribution >= 0.6 is 24.8 Å². The third kappa shape index (κ3) is 7.36. The minimum Gasteiger partial charge on any atom is -0.374 e. The molecule has 3 N–H and O–H groups in total. The summed E-state index contributed by atoms with van der Waals surface area (Å²) in [5.74, 6) is 0.0423. The number of ether oxygens (including phenoxy) is 1. The first-order valence-electron chi connectivity index (χ1n) is 7.97. The second-order valence-electron chi connectivity index (χ2n) is 6.23. The van der Waals surface area contributed by atoms with Crippen molar-refractivity contribution in [2.75, 3.05) is 26.2 Å². The normalized spacial score (nSPS) is 19.1. The number of nitrogens with one attached hydrogen (secondary N) is 1. The molecular formula is C17H29Cl2N3O2. The molecule has 1 aromatic rings. The maximum atomic E-state index is 11.9. The minimum absolute atomic E-state index is 0. The quantitative estimate of drug-likeness (QED) is 0.793. The van der Waals surface area contributed by atoms with E-state index in [9.17, 15) is 4.79 Å². The molecule has 1 amide bonds. The number of hydrogen-bond donors (Lipinski definition) is 2. The first kappa shape index (κ1) is 23.1. The zero-order valence-corrected chi connectivity index (χ0v) is 15.9. The highest BCUT2D eigenvalue weighted by Gasteiger charge is 2.23. The number of benzene rings is 1. The second-order valence-corrected chi connectivity index (χ2v) is 6.23. The van der Waals surface area contributed by atoms with E-state index in [2.05, 4.69) is 34.5 Å². The molecule has 1 saturated heterocycles. The van der Waals surface area contributed by atoms with Crippen LogP contribution in [0.1, 0.15) is 19.4 Å². The Morgan fingerprint density at radius 1 is 1.33 bits per heavy atom. The topological polar surface area (TPSA) is 67.6 Å². The molecule has 1 aromatic carbocycles. The van der Waals surface area contributed by atoms with Crippen molar-refractivity contribution < 1.29 is 9.53 Å². The number of carbonyl (C=O) groups excluding carboxylic acids is 1. The molecule has 1 aliphatic heterocycles. The SMILES string of the molecule is CC(C)[C@H](N)C(=O)NCC1CN(Cc2ccccc2)CCO1.Cl.Cl. The fourth-order valence-corrected chi connectivity index (χ4v) is 2.52. The van der Waals surface area contributed by atoms with E-state index in [-0.39, 0.29) is 42.7 Å². The molecule has 7 heteroatoms. The van der Waals surface area contributed by atoms with Gasteiger partial charge in [0.15, 0.2) is 0 Å². The smallest absolute Gasteiger partial charge is 0.237 e. The van der Waals surface area contributed by atoms with Gasteiger partial charge in [-0.05, 0) is 11.5 Å². The summed E-state index contributed by atoms with van der Waals surface area (Å²) < 4.78 is 5.74. The van der Waals surface area contributed by atoms with Gasteiger partial charge in [-0.3, -0.25) is 9.69 Å². The van der Waals surface area contributed by atoms with Crippen molar-refractivity contribution in [2.45, 2.75) is 32.5 Å². The van der Waals surface area contributed by atoms with Crippen molar-refractivity contribution in [1.82, 2.24) is 10.2 Å². The molecule has 5 nitrogen and oxygen atoms in total. The van der Waals surface area contributed by atoms with Crippen LogP contribution in [0.5, 0.6) is 0 Å². The fraction of sp³-hybridized carbons (Fsp3) is 0.588. The molecule has 0 aliphatic carbocycles. The molecule has 2 atom stereocenters. The van der Waals surface area contributed by atoms with E-state index < -0.39 is 6.04 Å². The van der Waals surface area contributed by atoms with E-state index in [0.29, 0.717) is 13.2 Å². The van der Waals surface area contributed by atoms with Crippen LogP contribution in [0.15, 0.2) is 30.3 Å². The first-order chi connectivity index (χ1) is 10.6. The molecule has 0 saturated carbocycles. The molecular weight excluding hydrogens is 349 g/mol. The Morgan fingerprint density at radius 2 is 2.00 bits per heavy atom. The van der Waals surface area contributed by atoms with Gasteiger partial charge in [0.05, 0.1) is 18.8 Å². The number of nitrogens with two attached hydrogens (primary N) is 1. The van der Waals surface area contributed by atoms with Crippen LogP contribution in [0.25, 0.3) is 0 Å². The highest BCUT2D eigenvalue weighted by molar-refractivity contribution is 5.85. The van der Waals surface area contributed by atoms with Crippen molar-refractivity contribution in [3.8, 4) is 0 Å². The molecule has 138 valence electrons. The second kappa shape index (κ2) is 11.7. The van der Waals surface area contributed by atoms with Gasteiger partial charge in [-0.1, -0.05) is 44.2 Å². The summed E-state index contributed by atoms with van der Waals surface area (Å²) in [4.78, 5) is 14.3. The van der Waals surface area contributed by atoms with Crippen LogP contribution in [-0.4, -0.2) is 49.2 Å². The van der Waals surface area contributed by atoms with Gasteiger partial charge >= 0.3 is 0 Å². The summed E-state index contributed by atoms with van der Waals surface area (Å²) >= 11 is 0. The molecule has 0 spiro atoms. The molecule has 1 aliphatic rings. The predicted octanol–water partition coefficient (Wildman–Crippen LogP) is 1.83. The monoisotopic (exact) mass is 377 g/mol. The largest absolute Gasteiger partial charge is 0.374 e. The lowest BCUT2D eigenvalue weighted by atomic mass is 10.1. The lowest BCUT2D eigenvalue weighted by Crippen LogP contribution is -2.50. The van der Waals surface area contributed by atoms with Gasteiger partial charge in [0.2, 0.25) is 5.91 Å². The van der Waals surface area contributed by atoms with Gasteiger partial charge in [-0.15, -0.1) is 24.8 Å². The third-order valence-corrected chi connectivity index (χ3v) is 4.00.